The lowest BCUT2D eigenvalue weighted by Gasteiger charge is -2.34. The molecule has 0 aliphatic carbocycles. The first kappa shape index (κ1) is 25.4. The smallest absolute Gasteiger partial charge is 0.265 e. The van der Waals surface area contributed by atoms with Crippen LogP contribution in [0.2, 0.25) is 0 Å². The molecular formula is C23H31N3O7S. The summed E-state index contributed by atoms with van der Waals surface area (Å²) < 4.78 is 50.1. The quantitative estimate of drug-likeness (QED) is 0.521. The van der Waals surface area contributed by atoms with E-state index in [4.69, 9.17) is 18.9 Å². The van der Waals surface area contributed by atoms with Crippen LogP contribution in [0.15, 0.2) is 41.3 Å². The maximum atomic E-state index is 13.9. The molecule has 0 saturated carbocycles. The Morgan fingerprint density at radius 2 is 1.47 bits per heavy atom. The van der Waals surface area contributed by atoms with Crippen LogP contribution in [0.25, 0.3) is 0 Å². The average molecular weight is 494 g/mol. The molecule has 0 unspecified atom stereocenters. The molecule has 0 radical (unpaired) electrons. The van der Waals surface area contributed by atoms with Crippen LogP contribution in [-0.4, -0.2) is 92.3 Å². The number of methoxy groups -OCH3 is 4. The number of amides is 1. The fourth-order valence-corrected chi connectivity index (χ4v) is 5.11. The number of anilines is 1. The molecule has 2 aromatic carbocycles. The maximum absolute atomic E-state index is 13.9. The van der Waals surface area contributed by atoms with Gasteiger partial charge in [0.25, 0.3) is 10.0 Å². The predicted octanol–water partition coefficient (Wildman–Crippen LogP) is 1.69. The van der Waals surface area contributed by atoms with Gasteiger partial charge in [0, 0.05) is 38.3 Å². The first-order valence-electron chi connectivity index (χ1n) is 10.7. The Bertz CT molecular complexity index is 1120. The molecule has 0 atom stereocenters. The van der Waals surface area contributed by atoms with Crippen LogP contribution >= 0.6 is 0 Å². The highest BCUT2D eigenvalue weighted by molar-refractivity contribution is 7.92. The summed E-state index contributed by atoms with van der Waals surface area (Å²) in [5.74, 6) is 1.06. The fourth-order valence-electron chi connectivity index (χ4n) is 3.67. The minimum Gasteiger partial charge on any atom is -0.497 e. The van der Waals surface area contributed by atoms with E-state index in [0.29, 0.717) is 24.6 Å². The van der Waals surface area contributed by atoms with Crippen molar-refractivity contribution in [3.8, 4) is 23.0 Å². The van der Waals surface area contributed by atoms with Crippen LogP contribution in [0.1, 0.15) is 0 Å². The molecule has 3 rings (SSSR count). The third-order valence-electron chi connectivity index (χ3n) is 5.73. The number of carbonyl (C=O) groups excluding carboxylic acids is 1. The van der Waals surface area contributed by atoms with Crippen molar-refractivity contribution < 1.29 is 32.2 Å². The molecule has 186 valence electrons. The third-order valence-corrected chi connectivity index (χ3v) is 7.49. The van der Waals surface area contributed by atoms with E-state index in [1.165, 1.54) is 52.7 Å². The summed E-state index contributed by atoms with van der Waals surface area (Å²) in [7, 11) is 3.58. The highest BCUT2D eigenvalue weighted by Crippen LogP contribution is 2.37. The minimum absolute atomic E-state index is 0.0544. The molecule has 1 aliphatic heterocycles. The van der Waals surface area contributed by atoms with Gasteiger partial charge >= 0.3 is 0 Å². The number of hydrogen-bond acceptors (Lipinski definition) is 8. The van der Waals surface area contributed by atoms with Gasteiger partial charge in [-0.1, -0.05) is 0 Å². The zero-order valence-corrected chi connectivity index (χ0v) is 20.9. The van der Waals surface area contributed by atoms with Crippen molar-refractivity contribution in [3.05, 3.63) is 36.4 Å². The van der Waals surface area contributed by atoms with E-state index in [1.807, 2.05) is 7.05 Å². The highest BCUT2D eigenvalue weighted by Gasteiger charge is 2.32. The molecule has 1 saturated heterocycles. The molecule has 1 amide bonds. The number of likely N-dealkylation sites (N-methyl/N-ethyl adjacent to an activating group) is 1. The van der Waals surface area contributed by atoms with E-state index < -0.39 is 16.6 Å². The second-order valence-corrected chi connectivity index (χ2v) is 9.61. The molecule has 0 N–H and O–H groups in total. The lowest BCUT2D eigenvalue weighted by molar-refractivity contribution is -0.131. The molecule has 2 aromatic rings. The summed E-state index contributed by atoms with van der Waals surface area (Å²) in [6.45, 7) is 2.08. The Balaban J connectivity index is 2.09. The first-order chi connectivity index (χ1) is 16.2. The standard InChI is InChI=1S/C23H31N3O7S/c1-24-10-12-25(13-11-24)23(27)16-26(19-14-17(30-2)6-8-20(19)31-3)34(28,29)18-7-9-21(32-4)22(15-18)33-5/h6-9,14-15H,10-13,16H2,1-5H3. The molecular weight excluding hydrogens is 462 g/mol. The number of carbonyl (C=O) groups is 1. The van der Waals surface area contributed by atoms with Crippen molar-refractivity contribution in [2.45, 2.75) is 4.90 Å². The van der Waals surface area contributed by atoms with Gasteiger partial charge in [-0.15, -0.1) is 0 Å². The number of rotatable bonds is 9. The average Bonchev–Trinajstić information content (AvgIpc) is 2.86. The van der Waals surface area contributed by atoms with Crippen LogP contribution < -0.4 is 23.3 Å². The van der Waals surface area contributed by atoms with Crippen molar-refractivity contribution in [2.75, 3.05) is 72.5 Å². The third kappa shape index (κ3) is 5.31. The summed E-state index contributed by atoms with van der Waals surface area (Å²) >= 11 is 0. The van der Waals surface area contributed by atoms with E-state index in [1.54, 1.807) is 17.0 Å². The lowest BCUT2D eigenvalue weighted by atomic mass is 10.2. The molecule has 0 spiro atoms. The molecule has 0 aromatic heterocycles. The van der Waals surface area contributed by atoms with Crippen LogP contribution in [0.3, 0.4) is 0 Å². The zero-order chi connectivity index (χ0) is 24.9. The van der Waals surface area contributed by atoms with Crippen LogP contribution in [0.5, 0.6) is 23.0 Å². The summed E-state index contributed by atoms with van der Waals surface area (Å²) in [6.07, 6.45) is 0. The van der Waals surface area contributed by atoms with Gasteiger partial charge in [0.15, 0.2) is 11.5 Å². The zero-order valence-electron chi connectivity index (χ0n) is 20.1. The Hall–Kier alpha value is -3.18. The molecule has 1 aliphatic rings. The van der Waals surface area contributed by atoms with Gasteiger partial charge < -0.3 is 28.7 Å². The molecule has 11 heteroatoms. The van der Waals surface area contributed by atoms with Gasteiger partial charge in [-0.3, -0.25) is 9.10 Å². The molecule has 10 nitrogen and oxygen atoms in total. The summed E-state index contributed by atoms with van der Waals surface area (Å²) in [4.78, 5) is 17.0. The first-order valence-corrected chi connectivity index (χ1v) is 12.1. The topological polar surface area (TPSA) is 97.9 Å². The Labute approximate surface area is 200 Å². The molecule has 0 bridgehead atoms. The highest BCUT2D eigenvalue weighted by atomic mass is 32.2. The molecule has 1 fully saturated rings. The SMILES string of the molecule is COc1ccc(OC)c(N(CC(=O)N2CCN(C)CC2)S(=O)(=O)c2ccc(OC)c(OC)c2)c1. The maximum Gasteiger partial charge on any atom is 0.265 e. The molecule has 1 heterocycles. The second-order valence-electron chi connectivity index (χ2n) is 7.75. The van der Waals surface area contributed by atoms with Gasteiger partial charge in [-0.25, -0.2) is 8.42 Å². The van der Waals surface area contributed by atoms with E-state index >= 15 is 0 Å². The van der Waals surface area contributed by atoms with Gasteiger partial charge in [0.05, 0.1) is 39.0 Å². The number of piperazine rings is 1. The van der Waals surface area contributed by atoms with E-state index in [9.17, 15) is 13.2 Å². The van der Waals surface area contributed by atoms with E-state index in [-0.39, 0.29) is 28.0 Å². The normalized spacial score (nSPS) is 14.4. The Kier molecular flexibility index (Phi) is 8.11. The van der Waals surface area contributed by atoms with Gasteiger partial charge in [-0.2, -0.15) is 0 Å². The number of sulfonamides is 1. The summed E-state index contributed by atoms with van der Waals surface area (Å²) in [5.41, 5.74) is 0.194. The summed E-state index contributed by atoms with van der Waals surface area (Å²) in [6, 6.07) is 9.09. The van der Waals surface area contributed by atoms with Crippen LogP contribution in [0, 0.1) is 0 Å². The minimum atomic E-state index is -4.21. The lowest BCUT2D eigenvalue weighted by Crippen LogP contribution is -2.50. The van der Waals surface area contributed by atoms with Crippen molar-refractivity contribution in [1.82, 2.24) is 9.80 Å². The number of ether oxygens (including phenoxy) is 4. The van der Waals surface area contributed by atoms with Crippen LogP contribution in [-0.2, 0) is 14.8 Å². The Morgan fingerprint density at radius 1 is 0.853 bits per heavy atom. The predicted molar refractivity (Wildman–Crippen MR) is 128 cm³/mol. The monoisotopic (exact) mass is 493 g/mol. The van der Waals surface area contributed by atoms with Crippen molar-refractivity contribution in [1.29, 1.82) is 0 Å². The van der Waals surface area contributed by atoms with Gasteiger partial charge in [-0.05, 0) is 31.3 Å². The fraction of sp³-hybridized carbons (Fsp3) is 0.435. The van der Waals surface area contributed by atoms with Crippen molar-refractivity contribution in [3.63, 3.8) is 0 Å². The van der Waals surface area contributed by atoms with E-state index in [0.717, 1.165) is 17.4 Å². The number of nitrogens with zero attached hydrogens (tertiary/aromatic N) is 3. The van der Waals surface area contributed by atoms with Crippen molar-refractivity contribution >= 4 is 21.6 Å². The number of benzene rings is 2. The van der Waals surface area contributed by atoms with Gasteiger partial charge in [0.1, 0.15) is 18.0 Å². The van der Waals surface area contributed by atoms with Gasteiger partial charge in [0.2, 0.25) is 5.91 Å². The second kappa shape index (κ2) is 10.8. The van der Waals surface area contributed by atoms with Crippen LogP contribution in [0.4, 0.5) is 5.69 Å². The van der Waals surface area contributed by atoms with E-state index in [2.05, 4.69) is 4.90 Å². The Morgan fingerprint density at radius 3 is 2.06 bits per heavy atom. The summed E-state index contributed by atoms with van der Waals surface area (Å²) in [5, 5.41) is 0. The largest absolute Gasteiger partial charge is 0.497 e. The number of hydrogen-bond donors (Lipinski definition) is 0. The molecule has 34 heavy (non-hydrogen) atoms. The van der Waals surface area contributed by atoms with Crippen molar-refractivity contribution in [2.24, 2.45) is 0 Å².